The molecule has 1 aliphatic rings. The van der Waals surface area contributed by atoms with Crippen LogP contribution in [0.2, 0.25) is 0 Å². The lowest BCUT2D eigenvalue weighted by atomic mass is 10.2. The van der Waals surface area contributed by atoms with Crippen LogP contribution in [0.3, 0.4) is 0 Å². The van der Waals surface area contributed by atoms with E-state index in [1.807, 2.05) is 18.2 Å². The molecule has 1 aliphatic heterocycles. The van der Waals surface area contributed by atoms with Gasteiger partial charge in [0, 0.05) is 39.6 Å². The summed E-state index contributed by atoms with van der Waals surface area (Å²) in [6, 6.07) is 13.3. The average Bonchev–Trinajstić information content (AvgIpc) is 2.70. The van der Waals surface area contributed by atoms with Crippen LogP contribution in [-0.2, 0) is 11.3 Å². The van der Waals surface area contributed by atoms with Crippen molar-refractivity contribution in [2.45, 2.75) is 26.5 Å². The van der Waals surface area contributed by atoms with Gasteiger partial charge in [-0.3, -0.25) is 9.69 Å². The zero-order valence-corrected chi connectivity index (χ0v) is 16.1. The van der Waals surface area contributed by atoms with Crippen LogP contribution in [0.15, 0.2) is 42.5 Å². The molecule has 1 aromatic carbocycles. The molecule has 28 heavy (non-hydrogen) atoms. The van der Waals surface area contributed by atoms with Crippen LogP contribution >= 0.6 is 0 Å². The second-order valence-electron chi connectivity index (χ2n) is 6.88. The molecule has 1 aromatic heterocycles. The fourth-order valence-corrected chi connectivity index (χ4v) is 3.22. The number of aryl methyl sites for hydroxylation is 1. The molecule has 1 unspecified atom stereocenters. The monoisotopic (exact) mass is 384 g/mol. The van der Waals surface area contributed by atoms with Gasteiger partial charge in [-0.15, -0.1) is 0 Å². The number of amides is 1. The van der Waals surface area contributed by atoms with Crippen LogP contribution in [-0.4, -0.2) is 57.9 Å². The highest BCUT2D eigenvalue weighted by molar-refractivity contribution is 5.81. The van der Waals surface area contributed by atoms with Crippen LogP contribution in [0.1, 0.15) is 18.2 Å². The molecule has 2 heterocycles. The minimum atomic E-state index is -0.816. The lowest BCUT2D eigenvalue weighted by molar-refractivity contribution is -0.390. The van der Waals surface area contributed by atoms with Gasteiger partial charge in [-0.05, 0) is 34.5 Å². The summed E-state index contributed by atoms with van der Waals surface area (Å²) >= 11 is 0. The maximum absolute atomic E-state index is 12.7. The van der Waals surface area contributed by atoms with E-state index in [2.05, 4.69) is 22.0 Å². The van der Waals surface area contributed by atoms with Gasteiger partial charge in [0.25, 0.3) is 5.91 Å². The number of ether oxygens (including phenoxy) is 1. The number of nitrogens with zero attached hydrogens (tertiary/aromatic N) is 4. The molecule has 148 valence electrons. The van der Waals surface area contributed by atoms with Gasteiger partial charge in [0.2, 0.25) is 5.75 Å². The number of nitro groups is 1. The number of hydrogen-bond acceptors (Lipinski definition) is 6. The lowest BCUT2D eigenvalue weighted by Gasteiger charge is -2.35. The molecule has 1 fully saturated rings. The summed E-state index contributed by atoms with van der Waals surface area (Å²) in [4.78, 5) is 31.2. The molecule has 1 amide bonds. The summed E-state index contributed by atoms with van der Waals surface area (Å²) in [7, 11) is 0. The van der Waals surface area contributed by atoms with E-state index in [9.17, 15) is 14.9 Å². The average molecular weight is 384 g/mol. The zero-order valence-electron chi connectivity index (χ0n) is 16.1. The first-order valence-electron chi connectivity index (χ1n) is 9.28. The number of piperazine rings is 1. The van der Waals surface area contributed by atoms with E-state index in [1.165, 1.54) is 11.6 Å². The maximum atomic E-state index is 12.7. The number of carbonyl (C=O) groups excluding carboxylic acids is 1. The van der Waals surface area contributed by atoms with Crippen LogP contribution in [0.4, 0.5) is 5.82 Å². The van der Waals surface area contributed by atoms with Gasteiger partial charge >= 0.3 is 5.82 Å². The maximum Gasteiger partial charge on any atom is 0.406 e. The Morgan fingerprint density at radius 1 is 1.18 bits per heavy atom. The third-order valence-corrected chi connectivity index (χ3v) is 4.74. The van der Waals surface area contributed by atoms with Crippen LogP contribution in [0.25, 0.3) is 0 Å². The second-order valence-corrected chi connectivity index (χ2v) is 6.88. The number of rotatable bonds is 6. The fourth-order valence-electron chi connectivity index (χ4n) is 3.22. The molecule has 8 nitrogen and oxygen atoms in total. The van der Waals surface area contributed by atoms with Gasteiger partial charge in [0.15, 0.2) is 6.10 Å². The van der Waals surface area contributed by atoms with E-state index in [0.29, 0.717) is 18.8 Å². The molecule has 0 N–H and O–H groups in total. The van der Waals surface area contributed by atoms with Crippen molar-refractivity contribution in [3.05, 3.63) is 63.8 Å². The third-order valence-electron chi connectivity index (χ3n) is 4.74. The summed E-state index contributed by atoms with van der Waals surface area (Å²) in [6.45, 7) is 6.90. The first kappa shape index (κ1) is 19.8. The minimum Gasteiger partial charge on any atom is -0.473 e. The van der Waals surface area contributed by atoms with Gasteiger partial charge < -0.3 is 19.8 Å². The first-order chi connectivity index (χ1) is 13.4. The van der Waals surface area contributed by atoms with Crippen molar-refractivity contribution >= 4 is 11.7 Å². The van der Waals surface area contributed by atoms with Gasteiger partial charge in [0.1, 0.15) is 5.69 Å². The van der Waals surface area contributed by atoms with Gasteiger partial charge in [-0.2, -0.15) is 0 Å². The smallest absolute Gasteiger partial charge is 0.406 e. The van der Waals surface area contributed by atoms with Crippen molar-refractivity contribution in [1.82, 2.24) is 14.8 Å². The van der Waals surface area contributed by atoms with Gasteiger partial charge in [-0.1, -0.05) is 30.3 Å². The number of hydrogen-bond donors (Lipinski definition) is 0. The van der Waals surface area contributed by atoms with Crippen LogP contribution in [0, 0.1) is 17.0 Å². The Balaban J connectivity index is 1.56. The molecule has 8 heteroatoms. The molecule has 1 saturated heterocycles. The standard InChI is InChI=1S/C20H24N4O4/c1-15-8-9-18(19(21-15)24(26)27)28-16(2)20(25)23-12-10-22(11-13-23)14-17-6-4-3-5-7-17/h3-9,16H,10-14H2,1-2H3. The topological polar surface area (TPSA) is 88.8 Å². The van der Waals surface area contributed by atoms with E-state index in [1.54, 1.807) is 24.8 Å². The van der Waals surface area contributed by atoms with Crippen molar-refractivity contribution in [3.8, 4) is 5.75 Å². The zero-order chi connectivity index (χ0) is 20.1. The van der Waals surface area contributed by atoms with Crippen molar-refractivity contribution in [2.24, 2.45) is 0 Å². The first-order valence-corrected chi connectivity index (χ1v) is 9.28. The highest BCUT2D eigenvalue weighted by atomic mass is 16.6. The summed E-state index contributed by atoms with van der Waals surface area (Å²) < 4.78 is 5.59. The Kier molecular flexibility index (Phi) is 6.20. The third kappa shape index (κ3) is 4.83. The largest absolute Gasteiger partial charge is 0.473 e. The number of benzene rings is 1. The fraction of sp³-hybridized carbons (Fsp3) is 0.400. The van der Waals surface area contributed by atoms with E-state index in [0.717, 1.165) is 19.6 Å². The summed E-state index contributed by atoms with van der Waals surface area (Å²) in [6.07, 6.45) is -0.816. The van der Waals surface area contributed by atoms with E-state index in [4.69, 9.17) is 4.74 Å². The molecule has 0 bridgehead atoms. The van der Waals surface area contributed by atoms with Crippen molar-refractivity contribution in [2.75, 3.05) is 26.2 Å². The molecule has 3 rings (SSSR count). The second kappa shape index (κ2) is 8.79. The van der Waals surface area contributed by atoms with Gasteiger partial charge in [0.05, 0.1) is 0 Å². The lowest BCUT2D eigenvalue weighted by Crippen LogP contribution is -2.51. The van der Waals surface area contributed by atoms with Crippen molar-refractivity contribution in [3.63, 3.8) is 0 Å². The van der Waals surface area contributed by atoms with E-state index >= 15 is 0 Å². The normalized spacial score (nSPS) is 15.9. The number of pyridine rings is 1. The molecule has 1 atom stereocenters. The summed E-state index contributed by atoms with van der Waals surface area (Å²) in [5.74, 6) is -0.527. The van der Waals surface area contributed by atoms with Crippen molar-refractivity contribution in [1.29, 1.82) is 0 Å². The minimum absolute atomic E-state index is 0.0131. The Hall–Kier alpha value is -3.00. The van der Waals surface area contributed by atoms with E-state index < -0.39 is 11.0 Å². The van der Waals surface area contributed by atoms with Gasteiger partial charge in [-0.25, -0.2) is 0 Å². The Labute approximate surface area is 163 Å². The predicted molar refractivity (Wildman–Crippen MR) is 104 cm³/mol. The Bertz CT molecular complexity index is 835. The quantitative estimate of drug-likeness (QED) is 0.561. The molecular weight excluding hydrogens is 360 g/mol. The molecule has 0 spiro atoms. The summed E-state index contributed by atoms with van der Waals surface area (Å²) in [5.41, 5.74) is 1.77. The van der Waals surface area contributed by atoms with Crippen LogP contribution in [0.5, 0.6) is 5.75 Å². The van der Waals surface area contributed by atoms with Crippen LogP contribution < -0.4 is 4.74 Å². The SMILES string of the molecule is Cc1ccc(OC(C)C(=O)N2CCN(Cc3ccccc3)CC2)c([N+](=O)[O-])n1. The van der Waals surface area contributed by atoms with E-state index in [-0.39, 0.29) is 17.5 Å². The number of carbonyl (C=O) groups is 1. The Morgan fingerprint density at radius 2 is 1.86 bits per heavy atom. The highest BCUT2D eigenvalue weighted by Crippen LogP contribution is 2.26. The number of aromatic nitrogens is 1. The molecule has 0 saturated carbocycles. The molecule has 0 radical (unpaired) electrons. The molecule has 2 aromatic rings. The predicted octanol–water partition coefficient (Wildman–Crippen LogP) is 2.41. The van der Waals surface area contributed by atoms with Crippen molar-refractivity contribution < 1.29 is 14.5 Å². The molecule has 0 aliphatic carbocycles. The summed E-state index contributed by atoms with van der Waals surface area (Å²) in [5, 5.41) is 11.2. The Morgan fingerprint density at radius 3 is 2.50 bits per heavy atom. The highest BCUT2D eigenvalue weighted by Gasteiger charge is 2.28. The molecular formula is C20H24N4O4.